The second-order valence-corrected chi connectivity index (χ2v) is 10.2. The third-order valence-electron chi connectivity index (χ3n) is 7.47. The maximum absolute atomic E-state index is 13.0. The summed E-state index contributed by atoms with van der Waals surface area (Å²) in [6, 6.07) is 17.3. The minimum Gasteiger partial charge on any atom is -0.508 e. The van der Waals surface area contributed by atoms with Crippen LogP contribution in [-0.4, -0.2) is 29.6 Å². The number of hydrogen-bond donors (Lipinski definition) is 2. The molecule has 214 valence electrons. The number of phenolic OH excluding ortho intramolecular Hbond substituents is 2. The van der Waals surface area contributed by atoms with Crippen molar-refractivity contribution in [1.29, 1.82) is 0 Å². The molecule has 3 aromatic carbocycles. The van der Waals surface area contributed by atoms with Gasteiger partial charge in [0.25, 0.3) is 6.29 Å². The van der Waals surface area contributed by atoms with Crippen LogP contribution in [0.3, 0.4) is 0 Å². The van der Waals surface area contributed by atoms with Crippen LogP contribution in [0.1, 0.15) is 22.3 Å². The van der Waals surface area contributed by atoms with E-state index in [4.69, 9.17) is 23.0 Å². The highest BCUT2D eigenvalue weighted by Crippen LogP contribution is 2.41. The molecule has 10 heteroatoms. The monoisotopic (exact) mass is 578 g/mol. The molecule has 5 aromatic rings. The van der Waals surface area contributed by atoms with Gasteiger partial charge in [0.05, 0.1) is 23.6 Å². The van der Waals surface area contributed by atoms with E-state index in [9.17, 15) is 24.6 Å². The summed E-state index contributed by atoms with van der Waals surface area (Å²) in [6.07, 6.45) is 0.927. The van der Waals surface area contributed by atoms with E-state index >= 15 is 0 Å². The topological polar surface area (TPSA) is 146 Å². The zero-order valence-electron chi connectivity index (χ0n) is 22.6. The van der Waals surface area contributed by atoms with Crippen molar-refractivity contribution in [1.82, 2.24) is 0 Å². The lowest BCUT2D eigenvalue weighted by molar-refractivity contribution is -0.155. The number of rotatable bonds is 5. The zero-order chi connectivity index (χ0) is 29.8. The Balaban J connectivity index is 1.29. The summed E-state index contributed by atoms with van der Waals surface area (Å²) < 4.78 is 27.9. The smallest absolute Gasteiger partial charge is 0.337 e. The van der Waals surface area contributed by atoms with E-state index in [1.807, 2.05) is 12.1 Å². The van der Waals surface area contributed by atoms with Crippen LogP contribution in [0.2, 0.25) is 0 Å². The van der Waals surface area contributed by atoms with E-state index in [1.165, 1.54) is 37.4 Å². The Morgan fingerprint density at radius 2 is 1.60 bits per heavy atom. The Hall–Kier alpha value is -5.77. The number of aromatic hydroxyl groups is 2. The van der Waals surface area contributed by atoms with Crippen LogP contribution in [-0.2, 0) is 27.1 Å². The van der Waals surface area contributed by atoms with Crippen LogP contribution in [0, 0.1) is 0 Å². The Labute approximate surface area is 242 Å². The minimum absolute atomic E-state index is 0.00836. The predicted octanol–water partition coefficient (Wildman–Crippen LogP) is 4.70. The first kappa shape index (κ1) is 26.1. The molecule has 0 spiro atoms. The quantitative estimate of drug-likeness (QED) is 0.222. The van der Waals surface area contributed by atoms with Crippen molar-refractivity contribution >= 4 is 33.7 Å². The number of benzene rings is 3. The van der Waals surface area contributed by atoms with Crippen LogP contribution in [0.5, 0.6) is 17.2 Å². The molecule has 2 aliphatic heterocycles. The van der Waals surface area contributed by atoms with E-state index in [0.29, 0.717) is 51.0 Å². The highest BCUT2D eigenvalue weighted by Gasteiger charge is 2.36. The summed E-state index contributed by atoms with van der Waals surface area (Å²) in [5, 5.41) is 21.3. The standard InChI is InChI=1S/C33H22O10/c1-39-31-22-10-16(9-17-13-28(36)41-27-15-20(34)6-7-21(17)27)5-8-25(22)42-33-23(31)12-19(32(38)43-33)11-18-14-29(37)40-26-4-2-3-24(35)30(18)26/h2-8,10,12-15,33-35H,9,11H2,1H3. The normalized spacial score (nSPS) is 15.9. The van der Waals surface area contributed by atoms with Gasteiger partial charge in [-0.1, -0.05) is 12.1 Å². The molecule has 0 saturated heterocycles. The van der Waals surface area contributed by atoms with Crippen molar-refractivity contribution in [3.05, 3.63) is 127 Å². The van der Waals surface area contributed by atoms with Gasteiger partial charge in [0.1, 0.15) is 34.2 Å². The lowest BCUT2D eigenvalue weighted by Crippen LogP contribution is -2.34. The first-order valence-corrected chi connectivity index (χ1v) is 13.3. The number of phenols is 2. The van der Waals surface area contributed by atoms with Crippen molar-refractivity contribution in [2.75, 3.05) is 7.11 Å². The van der Waals surface area contributed by atoms with Crippen molar-refractivity contribution in [3.63, 3.8) is 0 Å². The van der Waals surface area contributed by atoms with Crippen molar-refractivity contribution in [2.24, 2.45) is 0 Å². The summed E-state index contributed by atoms with van der Waals surface area (Å²) in [5.41, 5.74) is 2.60. The van der Waals surface area contributed by atoms with Gasteiger partial charge in [-0.2, -0.15) is 0 Å². The number of fused-ring (bicyclic) bond motifs is 4. The number of hydrogen-bond acceptors (Lipinski definition) is 10. The molecule has 7 rings (SSSR count). The second-order valence-electron chi connectivity index (χ2n) is 10.2. The Kier molecular flexibility index (Phi) is 6.05. The highest BCUT2D eigenvalue weighted by molar-refractivity contribution is 5.95. The van der Waals surface area contributed by atoms with Crippen LogP contribution >= 0.6 is 0 Å². The van der Waals surface area contributed by atoms with Crippen LogP contribution in [0.25, 0.3) is 27.7 Å². The molecule has 1 unspecified atom stereocenters. The summed E-state index contributed by atoms with van der Waals surface area (Å²) >= 11 is 0. The first-order valence-electron chi connectivity index (χ1n) is 13.3. The molecule has 2 aromatic heterocycles. The molecule has 43 heavy (non-hydrogen) atoms. The zero-order valence-corrected chi connectivity index (χ0v) is 22.6. The first-order chi connectivity index (χ1) is 20.8. The van der Waals surface area contributed by atoms with Crippen molar-refractivity contribution in [3.8, 4) is 17.2 Å². The molecule has 1 atom stereocenters. The lowest BCUT2D eigenvalue weighted by Gasteiger charge is -2.32. The van der Waals surface area contributed by atoms with E-state index in [-0.39, 0.29) is 34.7 Å². The number of carbonyl (C=O) groups is 1. The van der Waals surface area contributed by atoms with Gasteiger partial charge >= 0.3 is 17.2 Å². The molecule has 2 N–H and O–H groups in total. The van der Waals surface area contributed by atoms with Gasteiger partial charge in [0, 0.05) is 35.6 Å². The maximum Gasteiger partial charge on any atom is 0.337 e. The molecule has 0 aliphatic carbocycles. The van der Waals surface area contributed by atoms with E-state index in [2.05, 4.69) is 0 Å². The van der Waals surface area contributed by atoms with Gasteiger partial charge in [-0.15, -0.1) is 0 Å². The number of carbonyl (C=O) groups excluding carboxylic acids is 1. The Morgan fingerprint density at radius 1 is 0.814 bits per heavy atom. The fourth-order valence-corrected chi connectivity index (χ4v) is 5.61. The molecule has 0 bridgehead atoms. The fourth-order valence-electron chi connectivity index (χ4n) is 5.61. The third kappa shape index (κ3) is 4.58. The van der Waals surface area contributed by atoms with E-state index in [0.717, 1.165) is 5.56 Å². The molecular weight excluding hydrogens is 556 g/mol. The SMILES string of the molecule is COC1=C2C=C(Cc3cc(=O)oc4cccc(O)c34)C(=O)OC2Oc2ccc(Cc3cc(=O)oc4cc(O)ccc34)cc21. The average Bonchev–Trinajstić information content (AvgIpc) is 2.96. The van der Waals surface area contributed by atoms with Gasteiger partial charge in [-0.05, 0) is 65.6 Å². The van der Waals surface area contributed by atoms with Crippen molar-refractivity contribution in [2.45, 2.75) is 19.1 Å². The maximum atomic E-state index is 13.0. The molecule has 0 amide bonds. The van der Waals surface area contributed by atoms with Crippen LogP contribution in [0.15, 0.2) is 102 Å². The van der Waals surface area contributed by atoms with E-state index < -0.39 is 23.5 Å². The Morgan fingerprint density at radius 3 is 2.42 bits per heavy atom. The molecule has 0 saturated carbocycles. The van der Waals surface area contributed by atoms with E-state index in [1.54, 1.807) is 30.3 Å². The minimum atomic E-state index is -1.05. The van der Waals surface area contributed by atoms with Gasteiger partial charge < -0.3 is 33.3 Å². The van der Waals surface area contributed by atoms with Gasteiger partial charge in [0.15, 0.2) is 0 Å². The lowest BCUT2D eigenvalue weighted by atomic mass is 9.93. The van der Waals surface area contributed by atoms with Crippen LogP contribution < -0.4 is 16.0 Å². The highest BCUT2D eigenvalue weighted by atomic mass is 16.7. The van der Waals surface area contributed by atoms with Gasteiger partial charge in [-0.3, -0.25) is 0 Å². The Bertz CT molecular complexity index is 2170. The van der Waals surface area contributed by atoms with Crippen molar-refractivity contribution < 1.29 is 38.1 Å². The molecule has 10 nitrogen and oxygen atoms in total. The predicted molar refractivity (Wildman–Crippen MR) is 154 cm³/mol. The molecular formula is C33H22O10. The molecule has 0 fully saturated rings. The molecule has 2 aliphatic rings. The third-order valence-corrected chi connectivity index (χ3v) is 7.47. The molecule has 4 heterocycles. The summed E-state index contributed by atoms with van der Waals surface area (Å²) in [6.45, 7) is 0. The summed E-state index contributed by atoms with van der Waals surface area (Å²) in [7, 11) is 1.50. The number of esters is 1. The largest absolute Gasteiger partial charge is 0.508 e. The number of methoxy groups -OCH3 is 1. The summed E-state index contributed by atoms with van der Waals surface area (Å²) in [4.78, 5) is 37.4. The summed E-state index contributed by atoms with van der Waals surface area (Å²) in [5.74, 6) is 0.144. The molecule has 0 radical (unpaired) electrons. The second kappa shape index (κ2) is 9.95. The average molecular weight is 579 g/mol. The van der Waals surface area contributed by atoms with Crippen LogP contribution in [0.4, 0.5) is 0 Å². The number of ether oxygens (including phenoxy) is 3. The van der Waals surface area contributed by atoms with Gasteiger partial charge in [0.2, 0.25) is 0 Å². The fraction of sp³-hybridized carbons (Fsp3) is 0.121. The van der Waals surface area contributed by atoms with Gasteiger partial charge in [-0.25, -0.2) is 14.4 Å².